The Hall–Kier alpha value is -2.06. The van der Waals surface area contributed by atoms with E-state index < -0.39 is 29.6 Å². The van der Waals surface area contributed by atoms with E-state index in [-0.39, 0.29) is 19.6 Å². The van der Waals surface area contributed by atoms with Gasteiger partial charge < -0.3 is 9.64 Å². The Balaban J connectivity index is 1.56. The predicted molar refractivity (Wildman–Crippen MR) is 102 cm³/mol. The zero-order valence-corrected chi connectivity index (χ0v) is 16.7. The smallest absolute Gasteiger partial charge is 0.269 e. The van der Waals surface area contributed by atoms with Crippen molar-refractivity contribution in [2.75, 3.05) is 31.6 Å². The average Bonchev–Trinajstić information content (AvgIpc) is 3.16. The number of thiophene rings is 1. The van der Waals surface area contributed by atoms with E-state index in [0.717, 1.165) is 9.75 Å². The molecular weight excluding hydrogens is 389 g/mol. The largest absolute Gasteiger partial charge is 0.497 e. The minimum absolute atomic E-state index is 0.0248. The lowest BCUT2D eigenvalue weighted by Gasteiger charge is -2.22. The summed E-state index contributed by atoms with van der Waals surface area (Å²) in [6, 6.07) is 6.15. The number of alkyl halides is 2. The zero-order chi connectivity index (χ0) is 20.3. The third-order valence-corrected chi connectivity index (χ3v) is 6.53. The summed E-state index contributed by atoms with van der Waals surface area (Å²) in [5.41, 5.74) is -4.07. The summed E-state index contributed by atoms with van der Waals surface area (Å²) in [6.07, 6.45) is 0. The van der Waals surface area contributed by atoms with Gasteiger partial charge in [0.2, 0.25) is 5.67 Å². The molecule has 8 heteroatoms. The number of aryl methyl sites for hydroxylation is 2. The van der Waals surface area contributed by atoms with Crippen LogP contribution in [0.25, 0.3) is 0 Å². The fourth-order valence-electron chi connectivity index (χ4n) is 4.17. The van der Waals surface area contributed by atoms with Gasteiger partial charge in [-0.15, -0.1) is 11.3 Å². The van der Waals surface area contributed by atoms with E-state index >= 15 is 8.78 Å². The van der Waals surface area contributed by atoms with E-state index in [1.807, 2.05) is 13.8 Å². The van der Waals surface area contributed by atoms with E-state index in [4.69, 9.17) is 4.74 Å². The second-order valence-electron chi connectivity index (χ2n) is 7.56. The Morgan fingerprint density at radius 1 is 1.18 bits per heavy atom. The van der Waals surface area contributed by atoms with Crippen LogP contribution < -0.4 is 9.64 Å². The number of anilines is 1. The van der Waals surface area contributed by atoms with Gasteiger partial charge in [-0.1, -0.05) is 6.07 Å². The van der Waals surface area contributed by atoms with E-state index in [1.165, 1.54) is 40.4 Å². The van der Waals surface area contributed by atoms with Gasteiger partial charge >= 0.3 is 0 Å². The third kappa shape index (κ3) is 2.81. The molecule has 0 N–H and O–H groups in total. The number of carbonyl (C=O) groups is 1. The lowest BCUT2D eigenvalue weighted by atomic mass is 9.93. The van der Waals surface area contributed by atoms with Gasteiger partial charge in [0.15, 0.2) is 5.67 Å². The maximum absolute atomic E-state index is 15.6. The highest BCUT2D eigenvalue weighted by Gasteiger charge is 2.71. The molecule has 2 fully saturated rings. The molecule has 0 aliphatic carbocycles. The number of methoxy groups -OCH3 is 1. The quantitative estimate of drug-likeness (QED) is 0.769. The summed E-state index contributed by atoms with van der Waals surface area (Å²) >= 11 is 1.49. The van der Waals surface area contributed by atoms with Crippen molar-refractivity contribution in [3.05, 3.63) is 45.4 Å². The molecule has 1 aromatic carbocycles. The number of benzene rings is 1. The highest BCUT2D eigenvalue weighted by molar-refractivity contribution is 7.12. The standard InChI is InChI=1S/C20H21F3N2O2S/c1-12-6-17(13(2)28-12)25-10-19(22)9-24(11-20(19,23)18(25)26)8-14-4-5-15(27-3)7-16(14)21/h4-7H,8-11H2,1-3H3/t19-,20+/m0/s1. The number of hydrogen-bond donors (Lipinski definition) is 0. The number of fused-ring (bicyclic) bond motifs is 1. The minimum atomic E-state index is -2.63. The topological polar surface area (TPSA) is 32.8 Å². The molecule has 0 saturated carbocycles. The molecule has 28 heavy (non-hydrogen) atoms. The number of hydrogen-bond acceptors (Lipinski definition) is 4. The maximum atomic E-state index is 15.6. The summed E-state index contributed by atoms with van der Waals surface area (Å²) in [7, 11) is 1.43. The number of halogens is 3. The Morgan fingerprint density at radius 3 is 2.50 bits per heavy atom. The van der Waals surface area contributed by atoms with Crippen LogP contribution >= 0.6 is 11.3 Å². The molecule has 2 saturated heterocycles. The zero-order valence-electron chi connectivity index (χ0n) is 15.9. The van der Waals surface area contributed by atoms with Crippen LogP contribution in [0.1, 0.15) is 15.3 Å². The number of ether oxygens (including phenoxy) is 1. The van der Waals surface area contributed by atoms with Crippen molar-refractivity contribution in [3.63, 3.8) is 0 Å². The van der Waals surface area contributed by atoms with Crippen molar-refractivity contribution < 1.29 is 22.7 Å². The van der Waals surface area contributed by atoms with Gasteiger partial charge in [-0.25, -0.2) is 13.2 Å². The van der Waals surface area contributed by atoms with Crippen molar-refractivity contribution in [2.45, 2.75) is 31.7 Å². The van der Waals surface area contributed by atoms with Crippen molar-refractivity contribution >= 4 is 22.9 Å². The highest BCUT2D eigenvalue weighted by Crippen LogP contribution is 2.48. The molecule has 2 aliphatic rings. The first-order chi connectivity index (χ1) is 13.2. The molecule has 3 heterocycles. The monoisotopic (exact) mass is 410 g/mol. The Bertz CT molecular complexity index is 950. The van der Waals surface area contributed by atoms with E-state index in [0.29, 0.717) is 17.0 Å². The van der Waals surface area contributed by atoms with Crippen LogP contribution in [0.2, 0.25) is 0 Å². The second kappa shape index (κ2) is 6.49. The van der Waals surface area contributed by atoms with Crippen LogP contribution in [-0.4, -0.2) is 48.9 Å². The molecule has 4 nitrogen and oxygen atoms in total. The molecule has 0 unspecified atom stereocenters. The molecule has 2 aliphatic heterocycles. The molecule has 0 radical (unpaired) electrons. The number of carbonyl (C=O) groups excluding carboxylic acids is 1. The van der Waals surface area contributed by atoms with Crippen LogP contribution in [0.4, 0.5) is 18.9 Å². The number of amides is 1. The summed E-state index contributed by atoms with van der Waals surface area (Å²) in [5, 5.41) is 0. The van der Waals surface area contributed by atoms with Gasteiger partial charge in [-0.3, -0.25) is 9.69 Å². The van der Waals surface area contributed by atoms with E-state index in [1.54, 1.807) is 12.1 Å². The van der Waals surface area contributed by atoms with Gasteiger partial charge in [-0.2, -0.15) is 0 Å². The molecule has 1 amide bonds. The van der Waals surface area contributed by atoms with Crippen LogP contribution in [0.3, 0.4) is 0 Å². The first-order valence-corrected chi connectivity index (χ1v) is 9.80. The molecule has 0 bridgehead atoms. The van der Waals surface area contributed by atoms with Crippen LogP contribution in [0.5, 0.6) is 5.75 Å². The molecule has 2 aromatic rings. The van der Waals surface area contributed by atoms with E-state index in [9.17, 15) is 9.18 Å². The van der Waals surface area contributed by atoms with Crippen molar-refractivity contribution in [1.82, 2.24) is 4.90 Å². The Labute approximate surface area is 165 Å². The van der Waals surface area contributed by atoms with Gasteiger partial charge in [0, 0.05) is 41.0 Å². The summed E-state index contributed by atoms with van der Waals surface area (Å²) in [4.78, 5) is 17.4. The van der Waals surface area contributed by atoms with E-state index in [2.05, 4.69) is 0 Å². The predicted octanol–water partition coefficient (Wildman–Crippen LogP) is 3.79. The normalized spacial score (nSPS) is 27.5. The van der Waals surface area contributed by atoms with Crippen LogP contribution in [0, 0.1) is 19.7 Å². The van der Waals surface area contributed by atoms with Crippen molar-refractivity contribution in [2.24, 2.45) is 0 Å². The third-order valence-electron chi connectivity index (χ3n) is 5.58. The van der Waals surface area contributed by atoms with Crippen LogP contribution in [-0.2, 0) is 11.3 Å². The van der Waals surface area contributed by atoms with Gasteiger partial charge in [0.25, 0.3) is 5.91 Å². The average molecular weight is 410 g/mol. The van der Waals surface area contributed by atoms with Crippen molar-refractivity contribution in [3.8, 4) is 5.75 Å². The fraction of sp³-hybridized carbons (Fsp3) is 0.450. The van der Waals surface area contributed by atoms with Gasteiger partial charge in [0.1, 0.15) is 11.6 Å². The van der Waals surface area contributed by atoms with Crippen molar-refractivity contribution in [1.29, 1.82) is 0 Å². The minimum Gasteiger partial charge on any atom is -0.497 e. The first-order valence-electron chi connectivity index (χ1n) is 8.98. The Kier molecular flexibility index (Phi) is 4.46. The lowest BCUT2D eigenvalue weighted by molar-refractivity contribution is -0.130. The second-order valence-corrected chi connectivity index (χ2v) is 9.02. The summed E-state index contributed by atoms with van der Waals surface area (Å²) in [5.74, 6) is -0.987. The molecule has 150 valence electrons. The molecule has 2 atom stereocenters. The highest BCUT2D eigenvalue weighted by atomic mass is 32.1. The van der Waals surface area contributed by atoms with Gasteiger partial charge in [0.05, 0.1) is 19.3 Å². The van der Waals surface area contributed by atoms with Gasteiger partial charge in [-0.05, 0) is 26.0 Å². The maximum Gasteiger partial charge on any atom is 0.269 e. The molecule has 4 rings (SSSR count). The number of likely N-dealkylation sites (tertiary alicyclic amines) is 1. The molecular formula is C20H21F3N2O2S. The van der Waals surface area contributed by atoms with Crippen LogP contribution in [0.15, 0.2) is 24.3 Å². The molecule has 0 spiro atoms. The first kappa shape index (κ1) is 19.3. The number of rotatable bonds is 4. The number of nitrogens with zero attached hydrogens (tertiary/aromatic N) is 2. The molecule has 1 aromatic heterocycles. The Morgan fingerprint density at radius 2 is 1.93 bits per heavy atom. The summed E-state index contributed by atoms with van der Waals surface area (Å²) in [6.45, 7) is 2.76. The SMILES string of the molecule is COc1ccc(CN2C[C@]3(F)CN(c4cc(C)sc4C)C(=O)[C@]3(F)C2)c(F)c1. The lowest BCUT2D eigenvalue weighted by Crippen LogP contribution is -2.47. The summed E-state index contributed by atoms with van der Waals surface area (Å²) < 4.78 is 50.4. The fourth-order valence-corrected chi connectivity index (χ4v) is 5.10.